The Balaban J connectivity index is 2.21. The molecule has 1 unspecified atom stereocenters. The van der Waals surface area contributed by atoms with Crippen LogP contribution in [-0.4, -0.2) is 16.3 Å². The van der Waals surface area contributed by atoms with Crippen molar-refractivity contribution in [3.05, 3.63) is 52.6 Å². The Morgan fingerprint density at radius 1 is 1.42 bits per heavy atom. The van der Waals surface area contributed by atoms with Gasteiger partial charge in [-0.25, -0.2) is 4.39 Å². The van der Waals surface area contributed by atoms with Crippen LogP contribution in [0.25, 0.3) is 0 Å². The molecule has 1 N–H and O–H groups in total. The van der Waals surface area contributed by atoms with Gasteiger partial charge in [-0.2, -0.15) is 5.10 Å². The molecule has 1 atom stereocenters. The van der Waals surface area contributed by atoms with E-state index in [4.69, 9.17) is 11.6 Å². The number of hydrogen-bond acceptors (Lipinski definition) is 2. The summed E-state index contributed by atoms with van der Waals surface area (Å²) in [6, 6.07) is 6.97. The second-order valence-corrected chi connectivity index (χ2v) is 4.85. The van der Waals surface area contributed by atoms with Crippen LogP contribution in [0.1, 0.15) is 24.2 Å². The molecule has 1 heterocycles. The van der Waals surface area contributed by atoms with Crippen molar-refractivity contribution in [2.45, 2.75) is 19.4 Å². The minimum Gasteiger partial charge on any atom is -0.309 e. The highest BCUT2D eigenvalue weighted by molar-refractivity contribution is 6.30. The molecule has 0 spiro atoms. The lowest BCUT2D eigenvalue weighted by atomic mass is 10.0. The van der Waals surface area contributed by atoms with E-state index in [1.807, 2.05) is 17.8 Å². The van der Waals surface area contributed by atoms with Crippen LogP contribution in [0.4, 0.5) is 4.39 Å². The third-order valence-corrected chi connectivity index (χ3v) is 3.38. The number of aryl methyl sites for hydroxylation is 1. The summed E-state index contributed by atoms with van der Waals surface area (Å²) in [5.41, 5.74) is 2.10. The Morgan fingerprint density at radius 2 is 2.21 bits per heavy atom. The molecule has 1 aromatic carbocycles. The molecule has 0 saturated carbocycles. The largest absolute Gasteiger partial charge is 0.309 e. The van der Waals surface area contributed by atoms with Crippen LogP contribution in [-0.2, 0) is 13.5 Å². The van der Waals surface area contributed by atoms with Gasteiger partial charge in [-0.15, -0.1) is 0 Å². The molecule has 0 saturated heterocycles. The van der Waals surface area contributed by atoms with Crippen LogP contribution < -0.4 is 5.32 Å². The van der Waals surface area contributed by atoms with Gasteiger partial charge in [0, 0.05) is 13.2 Å². The first kappa shape index (κ1) is 14.0. The van der Waals surface area contributed by atoms with Gasteiger partial charge >= 0.3 is 0 Å². The zero-order valence-corrected chi connectivity index (χ0v) is 11.8. The van der Waals surface area contributed by atoms with Gasteiger partial charge in [-0.3, -0.25) is 4.68 Å². The summed E-state index contributed by atoms with van der Waals surface area (Å²) in [7, 11) is 1.91. The average molecular weight is 282 g/mol. The fraction of sp³-hybridized carbons (Fsp3) is 0.357. The van der Waals surface area contributed by atoms with Crippen molar-refractivity contribution in [2.75, 3.05) is 6.54 Å². The number of aromatic nitrogens is 2. The van der Waals surface area contributed by atoms with Crippen LogP contribution in [0.15, 0.2) is 30.5 Å². The van der Waals surface area contributed by atoms with E-state index in [1.54, 1.807) is 18.3 Å². The topological polar surface area (TPSA) is 29.9 Å². The van der Waals surface area contributed by atoms with Gasteiger partial charge in [-0.1, -0.05) is 24.6 Å². The van der Waals surface area contributed by atoms with Crippen molar-refractivity contribution in [1.29, 1.82) is 0 Å². The second-order valence-electron chi connectivity index (χ2n) is 4.44. The Morgan fingerprint density at radius 3 is 2.79 bits per heavy atom. The fourth-order valence-electron chi connectivity index (χ4n) is 2.16. The molecule has 3 nitrogen and oxygen atoms in total. The number of halogens is 2. The number of hydrogen-bond donors (Lipinski definition) is 1. The smallest absolute Gasteiger partial charge is 0.141 e. The van der Waals surface area contributed by atoms with Crippen LogP contribution >= 0.6 is 11.6 Å². The molecule has 0 bridgehead atoms. The lowest BCUT2D eigenvalue weighted by molar-refractivity contribution is 0.507. The fourth-order valence-corrected chi connectivity index (χ4v) is 2.36. The number of nitrogens with one attached hydrogen (secondary N) is 1. The Kier molecular flexibility index (Phi) is 4.56. The maximum atomic E-state index is 13.2. The van der Waals surface area contributed by atoms with E-state index in [9.17, 15) is 4.39 Å². The maximum Gasteiger partial charge on any atom is 0.141 e. The quantitative estimate of drug-likeness (QED) is 0.913. The first-order chi connectivity index (χ1) is 9.11. The van der Waals surface area contributed by atoms with Gasteiger partial charge in [-0.05, 0) is 36.7 Å². The molecule has 2 aromatic rings. The number of nitrogens with zero attached hydrogens (tertiary/aromatic N) is 2. The number of rotatable bonds is 5. The molecule has 1 aromatic heterocycles. The van der Waals surface area contributed by atoms with Crippen molar-refractivity contribution in [3.63, 3.8) is 0 Å². The molecule has 19 heavy (non-hydrogen) atoms. The molecule has 0 fully saturated rings. The first-order valence-corrected chi connectivity index (χ1v) is 6.64. The highest BCUT2D eigenvalue weighted by Gasteiger charge is 2.15. The van der Waals surface area contributed by atoms with Gasteiger partial charge in [0.1, 0.15) is 5.82 Å². The van der Waals surface area contributed by atoms with E-state index in [1.165, 1.54) is 6.07 Å². The summed E-state index contributed by atoms with van der Waals surface area (Å²) in [5.74, 6) is -0.383. The van der Waals surface area contributed by atoms with E-state index in [-0.39, 0.29) is 16.9 Å². The summed E-state index contributed by atoms with van der Waals surface area (Å²) >= 11 is 5.82. The second kappa shape index (κ2) is 6.17. The summed E-state index contributed by atoms with van der Waals surface area (Å²) < 4.78 is 15.0. The average Bonchev–Trinajstić information content (AvgIpc) is 2.79. The summed E-state index contributed by atoms with van der Waals surface area (Å²) in [5, 5.41) is 7.76. The summed E-state index contributed by atoms with van der Waals surface area (Å²) in [6.07, 6.45) is 2.52. The third-order valence-electron chi connectivity index (χ3n) is 3.09. The van der Waals surface area contributed by atoms with E-state index < -0.39 is 0 Å². The van der Waals surface area contributed by atoms with Crippen molar-refractivity contribution in [1.82, 2.24) is 15.1 Å². The molecular formula is C14H17ClFN3. The Labute approximate surface area is 117 Å². The van der Waals surface area contributed by atoms with Gasteiger partial charge in [0.05, 0.1) is 16.8 Å². The zero-order chi connectivity index (χ0) is 13.8. The summed E-state index contributed by atoms with van der Waals surface area (Å²) in [6.45, 7) is 2.91. The normalized spacial score (nSPS) is 12.6. The molecule has 2 rings (SSSR count). The highest BCUT2D eigenvalue weighted by Crippen LogP contribution is 2.21. The third kappa shape index (κ3) is 3.33. The Hall–Kier alpha value is -1.39. The van der Waals surface area contributed by atoms with Crippen molar-refractivity contribution in [3.8, 4) is 0 Å². The summed E-state index contributed by atoms with van der Waals surface area (Å²) in [4.78, 5) is 0. The van der Waals surface area contributed by atoms with Crippen LogP contribution in [0, 0.1) is 5.82 Å². The van der Waals surface area contributed by atoms with Crippen LogP contribution in [0.5, 0.6) is 0 Å². The monoisotopic (exact) mass is 281 g/mol. The van der Waals surface area contributed by atoms with E-state index in [2.05, 4.69) is 17.3 Å². The molecule has 0 aliphatic heterocycles. The van der Waals surface area contributed by atoms with Gasteiger partial charge in [0.2, 0.25) is 0 Å². The van der Waals surface area contributed by atoms with Crippen LogP contribution in [0.2, 0.25) is 5.02 Å². The lowest BCUT2D eigenvalue weighted by Crippen LogP contribution is -2.25. The number of benzene rings is 1. The standard InChI is InChI=1S/C14H17ClFN3/c1-3-17-13(14-6-7-18-19(14)2)9-10-4-5-12(16)11(15)8-10/h4-8,13,17H,3,9H2,1-2H3. The highest BCUT2D eigenvalue weighted by atomic mass is 35.5. The van der Waals surface area contributed by atoms with Crippen molar-refractivity contribution >= 4 is 11.6 Å². The van der Waals surface area contributed by atoms with Gasteiger partial charge in [0.25, 0.3) is 0 Å². The maximum absolute atomic E-state index is 13.2. The van der Waals surface area contributed by atoms with E-state index >= 15 is 0 Å². The van der Waals surface area contributed by atoms with E-state index in [0.29, 0.717) is 0 Å². The van der Waals surface area contributed by atoms with E-state index in [0.717, 1.165) is 24.2 Å². The molecule has 102 valence electrons. The van der Waals surface area contributed by atoms with Crippen molar-refractivity contribution < 1.29 is 4.39 Å². The van der Waals surface area contributed by atoms with Gasteiger partial charge in [0.15, 0.2) is 0 Å². The minimum absolute atomic E-state index is 0.138. The zero-order valence-electron chi connectivity index (χ0n) is 11.0. The molecule has 0 amide bonds. The lowest BCUT2D eigenvalue weighted by Gasteiger charge is -2.18. The van der Waals surface area contributed by atoms with Gasteiger partial charge < -0.3 is 5.32 Å². The predicted molar refractivity (Wildman–Crippen MR) is 74.7 cm³/mol. The van der Waals surface area contributed by atoms with Crippen LogP contribution in [0.3, 0.4) is 0 Å². The molecule has 0 aliphatic carbocycles. The molecule has 5 heteroatoms. The SMILES string of the molecule is CCNC(Cc1ccc(F)c(Cl)c1)c1ccnn1C. The molecule has 0 radical (unpaired) electrons. The van der Waals surface area contributed by atoms with Crippen molar-refractivity contribution in [2.24, 2.45) is 7.05 Å². The number of likely N-dealkylation sites (N-methyl/N-ethyl adjacent to an activating group) is 1. The molecular weight excluding hydrogens is 265 g/mol. The predicted octanol–water partition coefficient (Wildman–Crippen LogP) is 3.11. The minimum atomic E-state index is -0.383. The Bertz CT molecular complexity index is 553. The first-order valence-electron chi connectivity index (χ1n) is 6.27. The molecule has 0 aliphatic rings.